The van der Waals surface area contributed by atoms with E-state index in [1.807, 2.05) is 28.5 Å². The molecular weight excluding hydrogens is 393 g/mol. The molecule has 2 aromatic rings. The number of nitrogens with one attached hydrogen (secondary N) is 1. The summed E-state index contributed by atoms with van der Waals surface area (Å²) in [6.45, 7) is 3.34. The number of likely N-dealkylation sites (tertiary alicyclic amines) is 1. The average Bonchev–Trinajstić information content (AvgIpc) is 3.35. The summed E-state index contributed by atoms with van der Waals surface area (Å²) in [4.78, 5) is 20.0. The smallest absolute Gasteiger partial charge is 0.250 e. The quantitative estimate of drug-likeness (QED) is 0.833. The lowest BCUT2D eigenvalue weighted by molar-refractivity contribution is -0.144. The average molecular weight is 418 g/mol. The van der Waals surface area contributed by atoms with Crippen molar-refractivity contribution in [1.82, 2.24) is 25.0 Å². The standard InChI is InChI=1S/C17H23N5OS.2ClH/c23-16(17(4-7-18-8-5-17)22-11-2-6-20-22)21-10-1-3-14(13-21)15-19-9-12-24-15;;/h2,6,9,11-12,14,18H,1,3-5,7-8,10,13H2;2*1H. The van der Waals surface area contributed by atoms with Gasteiger partial charge >= 0.3 is 0 Å². The van der Waals surface area contributed by atoms with Crippen molar-refractivity contribution in [1.29, 1.82) is 0 Å². The molecule has 26 heavy (non-hydrogen) atoms. The Labute approximate surface area is 170 Å². The number of rotatable bonds is 3. The third kappa shape index (κ3) is 3.91. The Morgan fingerprint density at radius 1 is 1.27 bits per heavy atom. The summed E-state index contributed by atoms with van der Waals surface area (Å²) in [6.07, 6.45) is 9.32. The molecule has 1 unspecified atom stereocenters. The van der Waals surface area contributed by atoms with E-state index in [4.69, 9.17) is 0 Å². The van der Waals surface area contributed by atoms with Gasteiger partial charge in [-0.05, 0) is 44.8 Å². The molecule has 9 heteroatoms. The fourth-order valence-electron chi connectivity index (χ4n) is 4.00. The maximum atomic E-state index is 13.5. The van der Waals surface area contributed by atoms with Gasteiger partial charge in [0, 0.05) is 43.0 Å². The summed E-state index contributed by atoms with van der Waals surface area (Å²) in [5.41, 5.74) is -0.528. The number of aromatic nitrogens is 3. The van der Waals surface area contributed by atoms with Gasteiger partial charge in [0.15, 0.2) is 0 Å². The van der Waals surface area contributed by atoms with Gasteiger partial charge in [-0.1, -0.05) is 0 Å². The normalized spacial score (nSPS) is 22.2. The van der Waals surface area contributed by atoms with E-state index in [-0.39, 0.29) is 30.7 Å². The van der Waals surface area contributed by atoms with Crippen molar-refractivity contribution in [3.8, 4) is 0 Å². The number of amides is 1. The first-order valence-corrected chi connectivity index (χ1v) is 9.57. The molecule has 1 amide bonds. The second kappa shape index (κ2) is 9.17. The Balaban J connectivity index is 0.00000121. The highest BCUT2D eigenvalue weighted by atomic mass is 35.5. The van der Waals surface area contributed by atoms with Crippen molar-refractivity contribution in [3.05, 3.63) is 35.0 Å². The van der Waals surface area contributed by atoms with Gasteiger partial charge in [0.25, 0.3) is 5.91 Å². The summed E-state index contributed by atoms with van der Waals surface area (Å²) in [5, 5.41) is 11.0. The lowest BCUT2D eigenvalue weighted by Gasteiger charge is -2.42. The van der Waals surface area contributed by atoms with E-state index in [0.717, 1.165) is 56.9 Å². The molecular formula is C17H25Cl2N5OS. The second-order valence-electron chi connectivity index (χ2n) is 6.69. The van der Waals surface area contributed by atoms with Crippen LogP contribution in [0.2, 0.25) is 0 Å². The van der Waals surface area contributed by atoms with Crippen LogP contribution in [0.3, 0.4) is 0 Å². The Bertz CT molecular complexity index is 673. The fraction of sp³-hybridized carbons (Fsp3) is 0.588. The number of nitrogens with zero attached hydrogens (tertiary/aromatic N) is 4. The molecule has 2 aromatic heterocycles. The zero-order chi connectivity index (χ0) is 16.4. The third-order valence-electron chi connectivity index (χ3n) is 5.28. The molecule has 1 N–H and O–H groups in total. The lowest BCUT2D eigenvalue weighted by Crippen LogP contribution is -2.57. The van der Waals surface area contributed by atoms with Crippen LogP contribution in [0.15, 0.2) is 30.0 Å². The Morgan fingerprint density at radius 2 is 2.08 bits per heavy atom. The molecule has 0 bridgehead atoms. The van der Waals surface area contributed by atoms with Gasteiger partial charge in [-0.3, -0.25) is 9.48 Å². The first-order valence-electron chi connectivity index (χ1n) is 8.69. The highest BCUT2D eigenvalue weighted by Crippen LogP contribution is 2.34. The molecule has 144 valence electrons. The molecule has 0 spiro atoms. The highest BCUT2D eigenvalue weighted by molar-refractivity contribution is 7.09. The molecule has 0 aromatic carbocycles. The van der Waals surface area contributed by atoms with Crippen molar-refractivity contribution in [2.24, 2.45) is 0 Å². The number of piperidine rings is 2. The van der Waals surface area contributed by atoms with E-state index in [0.29, 0.717) is 5.92 Å². The Kier molecular flexibility index (Phi) is 7.46. The lowest BCUT2D eigenvalue weighted by atomic mass is 9.85. The molecule has 4 rings (SSSR count). The Hall–Kier alpha value is -1.15. The maximum Gasteiger partial charge on any atom is 0.250 e. The minimum atomic E-state index is -0.528. The molecule has 1 atom stereocenters. The van der Waals surface area contributed by atoms with Gasteiger partial charge < -0.3 is 10.2 Å². The van der Waals surface area contributed by atoms with Crippen molar-refractivity contribution in [3.63, 3.8) is 0 Å². The predicted octanol–water partition coefficient (Wildman–Crippen LogP) is 2.67. The number of thiazole rings is 1. The van der Waals surface area contributed by atoms with Gasteiger partial charge in [0.1, 0.15) is 5.54 Å². The van der Waals surface area contributed by atoms with Crippen molar-refractivity contribution in [2.45, 2.75) is 37.1 Å². The number of hydrogen-bond donors (Lipinski definition) is 1. The number of hydrogen-bond acceptors (Lipinski definition) is 5. The van der Waals surface area contributed by atoms with Crippen LogP contribution in [0.4, 0.5) is 0 Å². The molecule has 2 aliphatic heterocycles. The summed E-state index contributed by atoms with van der Waals surface area (Å²) in [5.74, 6) is 0.605. The van der Waals surface area contributed by atoms with Crippen LogP contribution in [-0.2, 0) is 10.3 Å². The van der Waals surface area contributed by atoms with Gasteiger partial charge in [0.05, 0.1) is 5.01 Å². The largest absolute Gasteiger partial charge is 0.340 e. The van der Waals surface area contributed by atoms with Crippen LogP contribution in [0.1, 0.15) is 36.6 Å². The molecule has 4 heterocycles. The van der Waals surface area contributed by atoms with E-state index in [2.05, 4.69) is 20.3 Å². The minimum absolute atomic E-state index is 0. The van der Waals surface area contributed by atoms with Crippen LogP contribution in [0, 0.1) is 0 Å². The second-order valence-corrected chi connectivity index (χ2v) is 7.62. The van der Waals surface area contributed by atoms with Crippen molar-refractivity contribution < 1.29 is 4.79 Å². The fourth-order valence-corrected chi connectivity index (χ4v) is 4.76. The van der Waals surface area contributed by atoms with Crippen LogP contribution in [-0.4, -0.2) is 51.8 Å². The molecule has 0 radical (unpaired) electrons. The van der Waals surface area contributed by atoms with Crippen LogP contribution < -0.4 is 5.32 Å². The molecule has 0 aliphatic carbocycles. The molecule has 2 saturated heterocycles. The van der Waals surface area contributed by atoms with E-state index in [1.165, 1.54) is 0 Å². The predicted molar refractivity (Wildman–Crippen MR) is 107 cm³/mol. The summed E-state index contributed by atoms with van der Waals surface area (Å²) in [7, 11) is 0. The van der Waals surface area contributed by atoms with E-state index in [9.17, 15) is 4.79 Å². The van der Waals surface area contributed by atoms with E-state index < -0.39 is 5.54 Å². The van der Waals surface area contributed by atoms with Gasteiger partial charge in [-0.15, -0.1) is 36.2 Å². The van der Waals surface area contributed by atoms with E-state index in [1.54, 1.807) is 17.5 Å². The number of carbonyl (C=O) groups is 1. The minimum Gasteiger partial charge on any atom is -0.340 e. The summed E-state index contributed by atoms with van der Waals surface area (Å²) >= 11 is 1.70. The number of carbonyl (C=O) groups excluding carboxylic acids is 1. The SMILES string of the molecule is Cl.Cl.O=C(N1CCCC(c2nccs2)C1)C1(n2cccn2)CCNCC1. The highest BCUT2D eigenvalue weighted by Gasteiger charge is 2.45. The van der Waals surface area contributed by atoms with Crippen LogP contribution in [0.25, 0.3) is 0 Å². The van der Waals surface area contributed by atoms with E-state index >= 15 is 0 Å². The topological polar surface area (TPSA) is 63.1 Å². The van der Waals surface area contributed by atoms with Gasteiger partial charge in [-0.25, -0.2) is 4.98 Å². The molecule has 2 fully saturated rings. The zero-order valence-electron chi connectivity index (χ0n) is 14.5. The number of halogens is 2. The zero-order valence-corrected chi connectivity index (χ0v) is 17.0. The maximum absolute atomic E-state index is 13.5. The first-order chi connectivity index (χ1) is 11.8. The van der Waals surface area contributed by atoms with Gasteiger partial charge in [-0.2, -0.15) is 5.10 Å². The molecule has 6 nitrogen and oxygen atoms in total. The first kappa shape index (κ1) is 21.2. The molecule has 0 saturated carbocycles. The summed E-state index contributed by atoms with van der Waals surface area (Å²) in [6, 6.07) is 1.91. The monoisotopic (exact) mass is 417 g/mol. The van der Waals surface area contributed by atoms with Crippen molar-refractivity contribution >= 4 is 42.1 Å². The Morgan fingerprint density at radius 3 is 2.73 bits per heavy atom. The van der Waals surface area contributed by atoms with Crippen LogP contribution >= 0.6 is 36.2 Å². The van der Waals surface area contributed by atoms with Crippen LogP contribution in [0.5, 0.6) is 0 Å². The summed E-state index contributed by atoms with van der Waals surface area (Å²) < 4.78 is 1.89. The molecule has 2 aliphatic rings. The van der Waals surface area contributed by atoms with Gasteiger partial charge in [0.2, 0.25) is 0 Å². The third-order valence-corrected chi connectivity index (χ3v) is 6.22. The van der Waals surface area contributed by atoms with Crippen molar-refractivity contribution in [2.75, 3.05) is 26.2 Å².